The molecule has 0 bridgehead atoms. The molecule has 3 aromatic carbocycles. The van der Waals surface area contributed by atoms with Crippen LogP contribution in [0.15, 0.2) is 93.2 Å². The average molecular weight is 402 g/mol. The van der Waals surface area contributed by atoms with Crippen LogP contribution in [0, 0.1) is 6.92 Å². The van der Waals surface area contributed by atoms with Crippen LogP contribution in [0.4, 0.5) is 0 Å². The van der Waals surface area contributed by atoms with Crippen molar-refractivity contribution < 1.29 is 8.42 Å². The molecule has 5 heteroatoms. The Kier molecular flexibility index (Phi) is 5.05. The maximum atomic E-state index is 12.8. The molecular weight excluding hydrogens is 385 g/mol. The van der Waals surface area contributed by atoms with Crippen LogP contribution >= 0.6 is 0 Å². The average Bonchev–Trinajstić information content (AvgIpc) is 2.62. The Morgan fingerprint density at radius 1 is 0.750 bits per heavy atom. The van der Waals surface area contributed by atoms with Crippen molar-refractivity contribution in [2.24, 2.45) is 3.37 Å². The Hall–Kier alpha value is -2.07. The summed E-state index contributed by atoms with van der Waals surface area (Å²) in [5, 5.41) is 0. The second-order valence-electron chi connectivity index (χ2n) is 5.23. The van der Waals surface area contributed by atoms with Gasteiger partial charge in [-0.3, -0.25) is 0 Å². The topological polar surface area (TPSA) is 46.5 Å². The fourth-order valence-electron chi connectivity index (χ4n) is 2.27. The van der Waals surface area contributed by atoms with E-state index in [0.717, 1.165) is 14.5 Å². The first-order valence-corrected chi connectivity index (χ1v) is 11.4. The number of nitrogens with zero attached hydrogens (tertiary/aromatic N) is 1. The van der Waals surface area contributed by atoms with E-state index in [2.05, 4.69) is 3.37 Å². The Morgan fingerprint density at radius 2 is 1.29 bits per heavy atom. The molecule has 0 spiro atoms. The van der Waals surface area contributed by atoms with Gasteiger partial charge in [-0.1, -0.05) is 0 Å². The van der Waals surface area contributed by atoms with E-state index < -0.39 is 23.7 Å². The molecule has 0 saturated heterocycles. The predicted octanol–water partition coefficient (Wildman–Crippen LogP) is 2.76. The van der Waals surface area contributed by atoms with Crippen LogP contribution in [0.2, 0.25) is 0 Å². The molecule has 0 heterocycles. The van der Waals surface area contributed by atoms with Crippen LogP contribution in [-0.2, 0) is 10.0 Å². The fraction of sp³-hybridized carbons (Fsp3) is 0.0526. The molecule has 0 aliphatic carbocycles. The zero-order valence-electron chi connectivity index (χ0n) is 13.2. The summed E-state index contributed by atoms with van der Waals surface area (Å²) in [4.78, 5) is 0.239. The molecule has 24 heavy (non-hydrogen) atoms. The van der Waals surface area contributed by atoms with Crippen LogP contribution in [-0.4, -0.2) is 22.1 Å². The molecule has 1 atom stereocenters. The summed E-state index contributed by atoms with van der Waals surface area (Å²) >= 11 is -2.08. The second kappa shape index (κ2) is 7.22. The molecule has 1 unspecified atom stereocenters. The first-order valence-electron chi connectivity index (χ1n) is 7.46. The van der Waals surface area contributed by atoms with Gasteiger partial charge < -0.3 is 0 Å². The van der Waals surface area contributed by atoms with E-state index in [-0.39, 0.29) is 4.90 Å². The number of aryl methyl sites for hydroxylation is 1. The minimum absolute atomic E-state index is 0.239. The van der Waals surface area contributed by atoms with Gasteiger partial charge in [0.25, 0.3) is 0 Å². The number of hydrogen-bond donors (Lipinski definition) is 0. The van der Waals surface area contributed by atoms with Gasteiger partial charge in [-0.05, 0) is 0 Å². The second-order valence-corrected chi connectivity index (χ2v) is 10.8. The van der Waals surface area contributed by atoms with E-state index in [1.807, 2.05) is 61.5 Å². The van der Waals surface area contributed by atoms with Crippen molar-refractivity contribution in [3.8, 4) is 0 Å². The molecule has 3 rings (SSSR count). The van der Waals surface area contributed by atoms with Gasteiger partial charge in [-0.15, -0.1) is 0 Å². The summed E-state index contributed by atoms with van der Waals surface area (Å²) in [5.41, 5.74) is 1.07. The summed E-state index contributed by atoms with van der Waals surface area (Å²) in [6.07, 6.45) is 0. The van der Waals surface area contributed by atoms with Gasteiger partial charge in [0, 0.05) is 0 Å². The standard InChI is InChI=1S/C19H17NO2SSe/c1-16-10-8-9-15-19(16)24(18-13-6-3-7-14-18)20-23(21,22)17-11-4-2-5-12-17/h2-15H,1H3. The number of rotatable bonds is 4. The van der Waals surface area contributed by atoms with Crippen LogP contribution in [0.5, 0.6) is 0 Å². The van der Waals surface area contributed by atoms with Gasteiger partial charge in [-0.2, -0.15) is 0 Å². The molecule has 0 aliphatic heterocycles. The summed E-state index contributed by atoms with van der Waals surface area (Å²) in [7, 11) is -3.69. The van der Waals surface area contributed by atoms with Crippen molar-refractivity contribution in [1.29, 1.82) is 0 Å². The van der Waals surface area contributed by atoms with Gasteiger partial charge in [-0.25, -0.2) is 0 Å². The molecule has 0 N–H and O–H groups in total. The molecule has 0 aromatic heterocycles. The van der Waals surface area contributed by atoms with Crippen LogP contribution < -0.4 is 8.92 Å². The van der Waals surface area contributed by atoms with Crippen molar-refractivity contribution in [3.05, 3.63) is 90.5 Å². The molecule has 0 radical (unpaired) electrons. The van der Waals surface area contributed by atoms with Crippen LogP contribution in [0.3, 0.4) is 0 Å². The van der Waals surface area contributed by atoms with E-state index in [4.69, 9.17) is 0 Å². The third kappa shape index (κ3) is 3.70. The van der Waals surface area contributed by atoms with Gasteiger partial charge in [0.05, 0.1) is 0 Å². The minimum atomic E-state index is -3.69. The van der Waals surface area contributed by atoms with E-state index >= 15 is 0 Å². The Labute approximate surface area is 146 Å². The van der Waals surface area contributed by atoms with Gasteiger partial charge in [0.2, 0.25) is 0 Å². The van der Waals surface area contributed by atoms with Crippen LogP contribution in [0.25, 0.3) is 0 Å². The maximum absolute atomic E-state index is 12.8. The van der Waals surface area contributed by atoms with Gasteiger partial charge in [0.15, 0.2) is 0 Å². The van der Waals surface area contributed by atoms with E-state index in [9.17, 15) is 8.42 Å². The molecule has 122 valence electrons. The molecule has 3 nitrogen and oxygen atoms in total. The quantitative estimate of drug-likeness (QED) is 0.630. The van der Waals surface area contributed by atoms with Crippen LogP contribution in [0.1, 0.15) is 5.56 Å². The van der Waals surface area contributed by atoms with Gasteiger partial charge in [0.1, 0.15) is 0 Å². The zero-order chi connectivity index (χ0) is 17.0. The summed E-state index contributed by atoms with van der Waals surface area (Å²) in [6, 6.07) is 26.0. The Morgan fingerprint density at radius 3 is 1.92 bits per heavy atom. The fourth-order valence-corrected chi connectivity index (χ4v) is 8.66. The first-order chi connectivity index (χ1) is 11.6. The molecule has 0 amide bonds. The summed E-state index contributed by atoms with van der Waals surface area (Å²) in [6.45, 7) is 2.00. The van der Waals surface area contributed by atoms with Crippen molar-refractivity contribution in [1.82, 2.24) is 0 Å². The van der Waals surface area contributed by atoms with Gasteiger partial charge >= 0.3 is 147 Å². The van der Waals surface area contributed by atoms with E-state index in [1.165, 1.54) is 0 Å². The van der Waals surface area contributed by atoms with Crippen molar-refractivity contribution in [3.63, 3.8) is 0 Å². The Bertz CT molecular complexity index is 969. The van der Waals surface area contributed by atoms with Crippen molar-refractivity contribution >= 4 is 32.7 Å². The van der Waals surface area contributed by atoms with Crippen molar-refractivity contribution in [2.75, 3.05) is 0 Å². The Balaban J connectivity index is 2.21. The van der Waals surface area contributed by atoms with Crippen molar-refractivity contribution in [2.45, 2.75) is 11.8 Å². The zero-order valence-corrected chi connectivity index (χ0v) is 15.7. The molecule has 0 saturated carbocycles. The number of benzene rings is 3. The predicted molar refractivity (Wildman–Crippen MR) is 98.7 cm³/mol. The summed E-state index contributed by atoms with van der Waals surface area (Å²) < 4.78 is 31.9. The SMILES string of the molecule is Cc1ccccc1/[Se](=N/S(=O)(=O)c1ccccc1)c1ccccc1. The first kappa shape index (κ1) is 16.8. The third-order valence-electron chi connectivity index (χ3n) is 3.48. The number of hydrogen-bond acceptors (Lipinski definition) is 2. The molecular formula is C19H17NO2SSe. The van der Waals surface area contributed by atoms with E-state index in [1.54, 1.807) is 30.3 Å². The molecule has 0 fully saturated rings. The molecule has 3 aromatic rings. The normalized spacial score (nSPS) is 12.9. The third-order valence-corrected chi connectivity index (χ3v) is 10.2. The van der Waals surface area contributed by atoms with E-state index in [0.29, 0.717) is 0 Å². The monoisotopic (exact) mass is 403 g/mol. The molecule has 0 aliphatic rings. The summed E-state index contributed by atoms with van der Waals surface area (Å²) in [5.74, 6) is 0. The number of sulfonamides is 1.